The Labute approximate surface area is 181 Å². The molecule has 29 heavy (non-hydrogen) atoms. The first kappa shape index (κ1) is 21.1. The molecule has 0 saturated carbocycles. The second-order valence-electron chi connectivity index (χ2n) is 6.24. The van der Waals surface area contributed by atoms with Crippen LogP contribution >= 0.6 is 27.5 Å². The number of halogens is 2. The van der Waals surface area contributed by atoms with Crippen molar-refractivity contribution in [2.24, 2.45) is 0 Å². The van der Waals surface area contributed by atoms with Gasteiger partial charge in [0.2, 0.25) is 5.91 Å². The first-order valence-corrected chi connectivity index (χ1v) is 10.0. The van der Waals surface area contributed by atoms with Crippen LogP contribution in [-0.4, -0.2) is 37.5 Å². The van der Waals surface area contributed by atoms with Gasteiger partial charge >= 0.3 is 5.97 Å². The molecule has 2 aromatic carbocycles. The van der Waals surface area contributed by atoms with E-state index in [1.54, 1.807) is 47.4 Å². The Morgan fingerprint density at radius 1 is 1.17 bits per heavy atom. The molecule has 1 saturated heterocycles. The number of hydrogen-bond acceptors (Lipinski definition) is 5. The van der Waals surface area contributed by atoms with Crippen LogP contribution in [0.3, 0.4) is 0 Å². The molecule has 152 valence electrons. The monoisotopic (exact) mass is 480 g/mol. The Bertz CT molecular complexity index is 937. The molecule has 1 aliphatic heterocycles. The van der Waals surface area contributed by atoms with Gasteiger partial charge in [-0.05, 0) is 52.7 Å². The van der Waals surface area contributed by atoms with E-state index in [9.17, 15) is 14.4 Å². The van der Waals surface area contributed by atoms with Crippen molar-refractivity contribution in [3.8, 4) is 5.75 Å². The summed E-state index contributed by atoms with van der Waals surface area (Å²) in [6, 6.07) is 11.9. The van der Waals surface area contributed by atoms with Gasteiger partial charge in [-0.15, -0.1) is 0 Å². The van der Waals surface area contributed by atoms with E-state index in [0.717, 1.165) is 6.42 Å². The third-order valence-electron chi connectivity index (χ3n) is 4.15. The Balaban J connectivity index is 1.50. The minimum Gasteiger partial charge on any atom is -0.481 e. The molecule has 0 atom stereocenters. The number of nitrogens with one attached hydrogen (secondary N) is 1. The Hall–Kier alpha value is -2.58. The van der Waals surface area contributed by atoms with Crippen LogP contribution in [0.25, 0.3) is 0 Å². The highest BCUT2D eigenvalue weighted by atomic mass is 79.9. The van der Waals surface area contributed by atoms with Crippen LogP contribution in [0.15, 0.2) is 46.9 Å². The van der Waals surface area contributed by atoms with E-state index in [1.165, 1.54) is 0 Å². The van der Waals surface area contributed by atoms with Gasteiger partial charge in [-0.25, -0.2) is 4.79 Å². The van der Waals surface area contributed by atoms with E-state index < -0.39 is 18.5 Å². The molecule has 0 spiro atoms. The van der Waals surface area contributed by atoms with E-state index in [0.29, 0.717) is 39.6 Å². The predicted octanol–water partition coefficient (Wildman–Crippen LogP) is 3.79. The number of ether oxygens (including phenoxy) is 2. The lowest BCUT2D eigenvalue weighted by molar-refractivity contribution is -0.149. The quantitative estimate of drug-likeness (QED) is 0.608. The van der Waals surface area contributed by atoms with Crippen molar-refractivity contribution < 1.29 is 23.9 Å². The molecule has 0 aromatic heterocycles. The molecule has 0 aliphatic carbocycles. The molecule has 1 fully saturated rings. The van der Waals surface area contributed by atoms with E-state index in [1.807, 2.05) is 0 Å². The van der Waals surface area contributed by atoms with Crippen LogP contribution in [0.2, 0.25) is 5.02 Å². The van der Waals surface area contributed by atoms with Gasteiger partial charge in [-0.2, -0.15) is 0 Å². The second-order valence-corrected chi connectivity index (χ2v) is 7.53. The van der Waals surface area contributed by atoms with E-state index in [2.05, 4.69) is 21.2 Å². The fraction of sp³-hybridized carbons (Fsp3) is 0.250. The Morgan fingerprint density at radius 2 is 1.97 bits per heavy atom. The standard InChI is InChI=1S/C20H18BrClN2O5/c21-14-10-13(22)7-8-17(14)28-12-20(27)29-11-18(25)23-15-4-1-2-5-16(15)24-9-3-6-19(24)26/h1-2,4-5,7-8,10H,3,6,9,11-12H2,(H,23,25). The molecule has 0 bridgehead atoms. The molecule has 1 heterocycles. The number of esters is 1. The van der Waals surface area contributed by atoms with Crippen molar-refractivity contribution in [1.29, 1.82) is 0 Å². The number of carbonyl (C=O) groups is 3. The van der Waals surface area contributed by atoms with Crippen molar-refractivity contribution in [3.63, 3.8) is 0 Å². The molecule has 1 aliphatic rings. The maximum absolute atomic E-state index is 12.2. The van der Waals surface area contributed by atoms with E-state index in [4.69, 9.17) is 21.1 Å². The van der Waals surface area contributed by atoms with Crippen molar-refractivity contribution in [3.05, 3.63) is 52.0 Å². The summed E-state index contributed by atoms with van der Waals surface area (Å²) in [5, 5.41) is 3.21. The summed E-state index contributed by atoms with van der Waals surface area (Å²) in [4.78, 5) is 37.6. The average Bonchev–Trinajstić information content (AvgIpc) is 3.12. The second kappa shape index (κ2) is 9.76. The topological polar surface area (TPSA) is 84.9 Å². The fourth-order valence-corrected chi connectivity index (χ4v) is 3.62. The van der Waals surface area contributed by atoms with Crippen molar-refractivity contribution in [1.82, 2.24) is 0 Å². The van der Waals surface area contributed by atoms with Crippen LogP contribution < -0.4 is 15.0 Å². The SMILES string of the molecule is O=C(COC(=O)COc1ccc(Cl)cc1Br)Nc1ccccc1N1CCCC1=O. The summed E-state index contributed by atoms with van der Waals surface area (Å²) in [6.45, 7) is -0.211. The zero-order valence-electron chi connectivity index (χ0n) is 15.3. The number of benzene rings is 2. The van der Waals surface area contributed by atoms with E-state index in [-0.39, 0.29) is 12.5 Å². The summed E-state index contributed by atoms with van der Waals surface area (Å²) in [5.41, 5.74) is 1.12. The normalized spacial score (nSPS) is 13.3. The van der Waals surface area contributed by atoms with Crippen LogP contribution in [0.5, 0.6) is 5.75 Å². The first-order valence-electron chi connectivity index (χ1n) is 8.87. The lowest BCUT2D eigenvalue weighted by atomic mass is 10.2. The molecule has 0 unspecified atom stereocenters. The molecular formula is C20H18BrClN2O5. The van der Waals surface area contributed by atoms with Crippen LogP contribution in [-0.2, 0) is 19.1 Å². The maximum atomic E-state index is 12.2. The number of carbonyl (C=O) groups excluding carboxylic acids is 3. The van der Waals surface area contributed by atoms with Gasteiger partial charge in [0, 0.05) is 18.0 Å². The average molecular weight is 482 g/mol. The highest BCUT2D eigenvalue weighted by Crippen LogP contribution is 2.29. The van der Waals surface area contributed by atoms with Crippen molar-refractivity contribution in [2.45, 2.75) is 12.8 Å². The minimum absolute atomic E-state index is 0.0173. The van der Waals surface area contributed by atoms with Crippen molar-refractivity contribution >= 4 is 56.7 Å². The summed E-state index contributed by atoms with van der Waals surface area (Å²) in [5.74, 6) is -0.751. The Morgan fingerprint density at radius 3 is 2.69 bits per heavy atom. The third-order valence-corrected chi connectivity index (χ3v) is 5.00. The first-order chi connectivity index (χ1) is 13.9. The smallest absolute Gasteiger partial charge is 0.344 e. The molecule has 3 rings (SSSR count). The third kappa shape index (κ3) is 5.71. The summed E-state index contributed by atoms with van der Waals surface area (Å²) in [6.07, 6.45) is 1.27. The van der Waals surface area contributed by atoms with Crippen LogP contribution in [0.1, 0.15) is 12.8 Å². The van der Waals surface area contributed by atoms with Gasteiger partial charge in [0.25, 0.3) is 5.91 Å². The van der Waals surface area contributed by atoms with Gasteiger partial charge in [0.05, 0.1) is 15.8 Å². The zero-order valence-corrected chi connectivity index (χ0v) is 17.7. The number of para-hydroxylation sites is 2. The molecule has 2 amide bonds. The van der Waals surface area contributed by atoms with E-state index >= 15 is 0 Å². The minimum atomic E-state index is -0.690. The maximum Gasteiger partial charge on any atom is 0.344 e. The molecule has 1 N–H and O–H groups in total. The largest absolute Gasteiger partial charge is 0.481 e. The predicted molar refractivity (Wildman–Crippen MR) is 112 cm³/mol. The molecular weight excluding hydrogens is 464 g/mol. The summed E-state index contributed by atoms with van der Waals surface area (Å²) >= 11 is 9.13. The molecule has 2 aromatic rings. The van der Waals surface area contributed by atoms with Crippen LogP contribution in [0, 0.1) is 0 Å². The van der Waals surface area contributed by atoms with Gasteiger partial charge in [0.1, 0.15) is 5.75 Å². The highest BCUT2D eigenvalue weighted by molar-refractivity contribution is 9.10. The lowest BCUT2D eigenvalue weighted by Gasteiger charge is -2.19. The zero-order chi connectivity index (χ0) is 20.8. The highest BCUT2D eigenvalue weighted by Gasteiger charge is 2.24. The molecule has 7 nitrogen and oxygen atoms in total. The number of hydrogen-bond donors (Lipinski definition) is 1. The molecule has 9 heteroatoms. The number of anilines is 2. The number of amides is 2. The number of rotatable bonds is 7. The van der Waals surface area contributed by atoms with Gasteiger partial charge < -0.3 is 19.7 Å². The fourth-order valence-electron chi connectivity index (χ4n) is 2.82. The summed E-state index contributed by atoms with van der Waals surface area (Å²) < 4.78 is 10.9. The van der Waals surface area contributed by atoms with Gasteiger partial charge in [-0.3, -0.25) is 9.59 Å². The number of nitrogens with zero attached hydrogens (tertiary/aromatic N) is 1. The lowest BCUT2D eigenvalue weighted by Crippen LogP contribution is -2.27. The summed E-state index contributed by atoms with van der Waals surface area (Å²) in [7, 11) is 0. The van der Waals surface area contributed by atoms with Crippen molar-refractivity contribution in [2.75, 3.05) is 30.0 Å². The van der Waals surface area contributed by atoms with Gasteiger partial charge in [-0.1, -0.05) is 23.7 Å². The Kier molecular flexibility index (Phi) is 7.11. The molecule has 0 radical (unpaired) electrons. The van der Waals surface area contributed by atoms with Crippen LogP contribution in [0.4, 0.5) is 11.4 Å². The van der Waals surface area contributed by atoms with Gasteiger partial charge in [0.15, 0.2) is 13.2 Å².